The summed E-state index contributed by atoms with van der Waals surface area (Å²) in [6.45, 7) is -0.906. The summed E-state index contributed by atoms with van der Waals surface area (Å²) in [5.41, 5.74) is 18.6. The van der Waals surface area contributed by atoms with Crippen LogP contribution in [-0.2, 0) is 18.9 Å². The first-order valence-electron chi connectivity index (χ1n) is 15.3. The predicted octanol–water partition coefficient (Wildman–Crippen LogP) is -4.66. The average Bonchev–Trinajstić information content (AvgIpc) is 3.06. The molecule has 14 N–H and O–H groups in total. The number of carbonyl (C=O) groups excluding carboxylic acids is 1. The number of fused-ring (bicyclic) bond motifs is 1. The number of nitrogens with one attached hydrogen (secondary N) is 1. The molecule has 3 aliphatic rings. The third-order valence-corrected chi connectivity index (χ3v) is 9.02. The number of methoxy groups -OCH3 is 1. The number of rotatable bonds is 9. The zero-order valence-electron chi connectivity index (χ0n) is 25.6. The van der Waals surface area contributed by atoms with E-state index in [2.05, 4.69) is 5.32 Å². The second-order valence-corrected chi connectivity index (χ2v) is 12.2. The Hall–Kier alpha value is -2.59. The molecule has 0 spiro atoms. The fourth-order valence-corrected chi connectivity index (χ4v) is 6.16. The van der Waals surface area contributed by atoms with E-state index in [1.54, 1.807) is 37.4 Å². The number of nitrogens with two attached hydrogens (primary N) is 3. The molecule has 17 heteroatoms. The van der Waals surface area contributed by atoms with E-state index in [0.717, 1.165) is 10.8 Å². The first-order chi connectivity index (χ1) is 22.3. The van der Waals surface area contributed by atoms with Crippen LogP contribution < -0.4 is 27.3 Å². The van der Waals surface area contributed by atoms with Gasteiger partial charge in [-0.15, -0.1) is 0 Å². The van der Waals surface area contributed by atoms with Gasteiger partial charge >= 0.3 is 0 Å². The van der Waals surface area contributed by atoms with E-state index in [1.807, 2.05) is 6.07 Å². The van der Waals surface area contributed by atoms with E-state index < -0.39 is 104 Å². The highest BCUT2D eigenvalue weighted by Crippen LogP contribution is 2.31. The molecular weight excluding hydrogens is 624 g/mol. The highest BCUT2D eigenvalue weighted by atomic mass is 16.7. The molecule has 0 bridgehead atoms. The molecule has 2 aliphatic heterocycles. The van der Waals surface area contributed by atoms with E-state index in [-0.39, 0.29) is 13.0 Å². The molecule has 2 heterocycles. The van der Waals surface area contributed by atoms with Gasteiger partial charge in [-0.25, -0.2) is 0 Å². The highest BCUT2D eigenvalue weighted by molar-refractivity contribution is 5.98. The number of hydrogen-bond donors (Lipinski definition) is 11. The van der Waals surface area contributed by atoms with Crippen molar-refractivity contribution in [2.24, 2.45) is 17.2 Å². The molecule has 1 amide bonds. The fraction of sp³-hybridized carbons (Fsp3) is 0.633. The van der Waals surface area contributed by atoms with Gasteiger partial charge in [0.2, 0.25) is 0 Å². The van der Waals surface area contributed by atoms with Crippen molar-refractivity contribution in [3.05, 3.63) is 42.0 Å². The Morgan fingerprint density at radius 2 is 1.38 bits per heavy atom. The SMILES string of the molecule is COc1ccc2cc(C(=O)NCC3O[C@H](OC4C(N)CC(N)[C@@H](OC5O[C@H](CO)C(O)[C@@H](N)[C@H]5O)[C@H]4O)C(O)[C@@H](O)[C@@H]3O)ccc2c1. The van der Waals surface area contributed by atoms with Crippen LogP contribution in [0.25, 0.3) is 10.8 Å². The van der Waals surface area contributed by atoms with Gasteiger partial charge in [-0.3, -0.25) is 4.79 Å². The Labute approximate surface area is 269 Å². The molecule has 2 saturated heterocycles. The summed E-state index contributed by atoms with van der Waals surface area (Å²) >= 11 is 0. The standard InChI is InChI=1S/C30H44N4O13/c1-43-14-5-4-11-6-13(3-2-12(11)7-14)28(42)34-9-17-21(37)23(39)24(40)30(44-17)47-27-16(32)8-15(31)26(25(27)41)46-29-22(38)19(33)20(36)18(10-35)45-29/h2-7,15-27,29-30,35-41H,8-10,31-33H2,1H3,(H,34,42)/t15?,16?,17?,18-,19-,20?,21-,22-,23+,24?,25-,26-,27?,29?,30-/m1/s1. The van der Waals surface area contributed by atoms with E-state index in [9.17, 15) is 40.5 Å². The van der Waals surface area contributed by atoms with Gasteiger partial charge in [-0.05, 0) is 41.5 Å². The minimum Gasteiger partial charge on any atom is -0.497 e. The van der Waals surface area contributed by atoms with E-state index in [4.69, 9.17) is 40.9 Å². The molecule has 0 radical (unpaired) electrons. The van der Waals surface area contributed by atoms with Crippen LogP contribution >= 0.6 is 0 Å². The molecule has 7 unspecified atom stereocenters. The van der Waals surface area contributed by atoms with Crippen molar-refractivity contribution in [2.75, 3.05) is 20.3 Å². The van der Waals surface area contributed by atoms with Crippen LogP contribution in [0.1, 0.15) is 16.8 Å². The van der Waals surface area contributed by atoms with Crippen LogP contribution in [0.2, 0.25) is 0 Å². The molecule has 17 nitrogen and oxygen atoms in total. The zero-order valence-corrected chi connectivity index (χ0v) is 25.6. The topological polar surface area (TPSA) is 295 Å². The van der Waals surface area contributed by atoms with E-state index in [0.29, 0.717) is 11.3 Å². The first-order valence-corrected chi connectivity index (χ1v) is 15.3. The monoisotopic (exact) mass is 668 g/mol. The molecular formula is C30H44N4O13. The fourth-order valence-electron chi connectivity index (χ4n) is 6.16. The summed E-state index contributed by atoms with van der Waals surface area (Å²) in [4.78, 5) is 13.0. The Morgan fingerprint density at radius 3 is 2.02 bits per heavy atom. The third-order valence-electron chi connectivity index (χ3n) is 9.02. The van der Waals surface area contributed by atoms with Crippen molar-refractivity contribution in [1.82, 2.24) is 5.32 Å². The lowest BCUT2D eigenvalue weighted by Gasteiger charge is -2.48. The van der Waals surface area contributed by atoms with E-state index in [1.165, 1.54) is 0 Å². The minimum atomic E-state index is -1.78. The van der Waals surface area contributed by atoms with Crippen molar-refractivity contribution in [3.8, 4) is 5.75 Å². The quantitative estimate of drug-likeness (QED) is 0.120. The van der Waals surface area contributed by atoms with Crippen LogP contribution in [0.4, 0.5) is 0 Å². The molecule has 2 aromatic rings. The van der Waals surface area contributed by atoms with Crippen LogP contribution in [0, 0.1) is 0 Å². The molecule has 15 atom stereocenters. The second-order valence-electron chi connectivity index (χ2n) is 12.2. The van der Waals surface area contributed by atoms with Crippen LogP contribution in [0.15, 0.2) is 36.4 Å². The van der Waals surface area contributed by atoms with Crippen molar-refractivity contribution in [1.29, 1.82) is 0 Å². The van der Waals surface area contributed by atoms with Crippen molar-refractivity contribution in [2.45, 2.75) is 98.2 Å². The smallest absolute Gasteiger partial charge is 0.251 e. The predicted molar refractivity (Wildman–Crippen MR) is 162 cm³/mol. The number of benzene rings is 2. The Kier molecular flexibility index (Phi) is 11.3. The summed E-state index contributed by atoms with van der Waals surface area (Å²) in [6.07, 6.45) is -17.7. The van der Waals surface area contributed by atoms with Gasteiger partial charge in [0.25, 0.3) is 5.91 Å². The second kappa shape index (κ2) is 14.9. The number of ether oxygens (including phenoxy) is 5. The Morgan fingerprint density at radius 1 is 0.787 bits per heavy atom. The van der Waals surface area contributed by atoms with Gasteiger partial charge in [0.15, 0.2) is 12.6 Å². The lowest BCUT2D eigenvalue weighted by atomic mass is 9.84. The maximum absolute atomic E-state index is 13.0. The lowest BCUT2D eigenvalue weighted by Crippen LogP contribution is -2.68. The summed E-state index contributed by atoms with van der Waals surface area (Å²) in [5, 5.41) is 77.6. The number of hydrogen-bond acceptors (Lipinski definition) is 16. The Balaban J connectivity index is 1.24. The molecule has 3 fully saturated rings. The maximum Gasteiger partial charge on any atom is 0.251 e. The van der Waals surface area contributed by atoms with Gasteiger partial charge < -0.3 is 81.9 Å². The van der Waals surface area contributed by atoms with Crippen molar-refractivity contribution in [3.63, 3.8) is 0 Å². The average molecular weight is 669 g/mol. The van der Waals surface area contributed by atoms with Crippen LogP contribution in [0.3, 0.4) is 0 Å². The number of carbonyl (C=O) groups is 1. The summed E-state index contributed by atoms with van der Waals surface area (Å²) in [5.74, 6) is 0.181. The zero-order chi connectivity index (χ0) is 34.2. The molecule has 1 aliphatic carbocycles. The molecule has 0 aromatic heterocycles. The van der Waals surface area contributed by atoms with Gasteiger partial charge in [0, 0.05) is 24.2 Å². The highest BCUT2D eigenvalue weighted by Gasteiger charge is 2.51. The largest absolute Gasteiger partial charge is 0.497 e. The van der Waals surface area contributed by atoms with Gasteiger partial charge in [-0.2, -0.15) is 0 Å². The number of aliphatic hydroxyl groups is 7. The molecule has 1 saturated carbocycles. The van der Waals surface area contributed by atoms with Crippen LogP contribution in [0.5, 0.6) is 5.75 Å². The maximum atomic E-state index is 13.0. The minimum absolute atomic E-state index is 0.0271. The number of amides is 1. The van der Waals surface area contributed by atoms with Crippen molar-refractivity contribution < 1.29 is 64.2 Å². The normalized spacial score (nSPS) is 41.0. The van der Waals surface area contributed by atoms with Crippen molar-refractivity contribution >= 4 is 16.7 Å². The molecule has 262 valence electrons. The third kappa shape index (κ3) is 7.38. The summed E-state index contributed by atoms with van der Waals surface area (Å²) in [7, 11) is 1.56. The molecule has 2 aromatic carbocycles. The van der Waals surface area contributed by atoms with E-state index >= 15 is 0 Å². The molecule has 5 rings (SSSR count). The molecule has 47 heavy (non-hydrogen) atoms. The van der Waals surface area contributed by atoms with Gasteiger partial charge in [-0.1, -0.05) is 12.1 Å². The van der Waals surface area contributed by atoms with Crippen LogP contribution in [-0.4, -0.2) is 154 Å². The van der Waals surface area contributed by atoms with Gasteiger partial charge in [0.1, 0.15) is 66.8 Å². The summed E-state index contributed by atoms with van der Waals surface area (Å²) < 4.78 is 28.1. The summed E-state index contributed by atoms with van der Waals surface area (Å²) in [6, 6.07) is 7.40. The van der Waals surface area contributed by atoms with Gasteiger partial charge in [0.05, 0.1) is 19.8 Å². The lowest BCUT2D eigenvalue weighted by molar-refractivity contribution is -0.332. The number of aliphatic hydroxyl groups excluding tert-OH is 7. The first kappa shape index (κ1) is 35.7. The Bertz CT molecular complexity index is 1370.